The van der Waals surface area contributed by atoms with E-state index in [0.29, 0.717) is 61.9 Å². The molecule has 3 rings (SSSR count). The molecule has 0 spiro atoms. The van der Waals surface area contributed by atoms with E-state index < -0.39 is 11.7 Å². The molecule has 1 fully saturated rings. The highest BCUT2D eigenvalue weighted by molar-refractivity contribution is 5.96. The maximum Gasteiger partial charge on any atom is 0.417 e. The van der Waals surface area contributed by atoms with Gasteiger partial charge in [0.15, 0.2) is 0 Å². The predicted molar refractivity (Wildman–Crippen MR) is 92.6 cm³/mol. The monoisotopic (exact) mass is 382 g/mol. The van der Waals surface area contributed by atoms with Gasteiger partial charge in [-0.05, 0) is 31.9 Å². The van der Waals surface area contributed by atoms with E-state index in [-0.39, 0.29) is 5.91 Å². The van der Waals surface area contributed by atoms with Crippen molar-refractivity contribution in [2.45, 2.75) is 32.9 Å². The second-order valence-corrected chi connectivity index (χ2v) is 6.45. The second kappa shape index (κ2) is 7.58. The number of halogens is 3. The zero-order chi connectivity index (χ0) is 19.6. The van der Waals surface area contributed by atoms with Gasteiger partial charge >= 0.3 is 6.18 Å². The number of aryl methyl sites for hydroxylation is 2. The Morgan fingerprint density at radius 3 is 2.63 bits per heavy atom. The largest absolute Gasteiger partial charge is 0.417 e. The van der Waals surface area contributed by atoms with Gasteiger partial charge in [-0.1, -0.05) is 12.1 Å². The van der Waals surface area contributed by atoms with Crippen LogP contribution < -0.4 is 4.90 Å². The van der Waals surface area contributed by atoms with Crippen LogP contribution in [0.15, 0.2) is 22.9 Å². The molecule has 0 atom stereocenters. The molecule has 0 aromatic carbocycles. The molecule has 27 heavy (non-hydrogen) atoms. The summed E-state index contributed by atoms with van der Waals surface area (Å²) in [5, 5.41) is 3.93. The van der Waals surface area contributed by atoms with E-state index in [0.717, 1.165) is 12.3 Å². The van der Waals surface area contributed by atoms with Gasteiger partial charge in [-0.3, -0.25) is 4.79 Å². The Morgan fingerprint density at radius 1 is 1.22 bits per heavy atom. The molecular weight excluding hydrogens is 361 g/mol. The first kappa shape index (κ1) is 19.2. The van der Waals surface area contributed by atoms with Gasteiger partial charge in [0.05, 0.1) is 11.3 Å². The summed E-state index contributed by atoms with van der Waals surface area (Å²) in [5.41, 5.74) is 0.384. The fraction of sp³-hybridized carbons (Fsp3) is 0.500. The molecule has 0 aliphatic carbocycles. The third-order valence-electron chi connectivity index (χ3n) is 4.66. The maximum atomic E-state index is 12.9. The lowest BCUT2D eigenvalue weighted by molar-refractivity contribution is -0.137. The maximum absolute atomic E-state index is 12.9. The number of amides is 1. The van der Waals surface area contributed by atoms with Crippen LogP contribution in [0, 0.1) is 6.92 Å². The fourth-order valence-corrected chi connectivity index (χ4v) is 3.18. The molecule has 1 aliphatic rings. The Bertz CT molecular complexity index is 802. The van der Waals surface area contributed by atoms with E-state index in [4.69, 9.17) is 4.52 Å². The van der Waals surface area contributed by atoms with Crippen LogP contribution in [-0.2, 0) is 12.6 Å². The van der Waals surface area contributed by atoms with E-state index in [1.54, 1.807) is 11.8 Å². The van der Waals surface area contributed by atoms with E-state index >= 15 is 0 Å². The lowest BCUT2D eigenvalue weighted by Gasteiger charge is -2.23. The Hall–Kier alpha value is -2.58. The van der Waals surface area contributed by atoms with Gasteiger partial charge in [-0.25, -0.2) is 4.98 Å². The topological polar surface area (TPSA) is 62.5 Å². The molecule has 6 nitrogen and oxygen atoms in total. The van der Waals surface area contributed by atoms with Crippen molar-refractivity contribution in [3.8, 4) is 0 Å². The van der Waals surface area contributed by atoms with Crippen molar-refractivity contribution in [1.82, 2.24) is 15.0 Å². The third kappa shape index (κ3) is 4.06. The molecule has 0 unspecified atom stereocenters. The molecule has 146 valence electrons. The van der Waals surface area contributed by atoms with Crippen molar-refractivity contribution in [1.29, 1.82) is 0 Å². The predicted octanol–water partition coefficient (Wildman–Crippen LogP) is 3.31. The smallest absolute Gasteiger partial charge is 0.361 e. The number of hydrogen-bond acceptors (Lipinski definition) is 5. The molecule has 0 radical (unpaired) electrons. The average Bonchev–Trinajstić information content (AvgIpc) is 2.85. The minimum absolute atomic E-state index is 0.118. The minimum Gasteiger partial charge on any atom is -0.361 e. The van der Waals surface area contributed by atoms with Crippen LogP contribution in [0.1, 0.15) is 40.7 Å². The van der Waals surface area contributed by atoms with Gasteiger partial charge in [-0.15, -0.1) is 0 Å². The first-order chi connectivity index (χ1) is 12.8. The summed E-state index contributed by atoms with van der Waals surface area (Å²) in [6.07, 6.45) is -2.26. The van der Waals surface area contributed by atoms with Crippen molar-refractivity contribution in [3.05, 3.63) is 40.9 Å². The third-order valence-corrected chi connectivity index (χ3v) is 4.66. The van der Waals surface area contributed by atoms with Gasteiger partial charge in [0.25, 0.3) is 5.91 Å². The van der Waals surface area contributed by atoms with Gasteiger partial charge in [0, 0.05) is 32.4 Å². The molecule has 1 amide bonds. The van der Waals surface area contributed by atoms with Crippen LogP contribution in [0.5, 0.6) is 0 Å². The Kier molecular flexibility index (Phi) is 5.38. The summed E-state index contributed by atoms with van der Waals surface area (Å²) in [7, 11) is 0. The highest BCUT2D eigenvalue weighted by Crippen LogP contribution is 2.29. The molecule has 0 N–H and O–H groups in total. The highest BCUT2D eigenvalue weighted by atomic mass is 19.4. The lowest BCUT2D eigenvalue weighted by Crippen LogP contribution is -2.36. The summed E-state index contributed by atoms with van der Waals surface area (Å²) < 4.78 is 43.2. The van der Waals surface area contributed by atoms with Gasteiger partial charge < -0.3 is 14.3 Å². The second-order valence-electron chi connectivity index (χ2n) is 6.45. The van der Waals surface area contributed by atoms with Crippen molar-refractivity contribution < 1.29 is 22.5 Å². The van der Waals surface area contributed by atoms with Crippen LogP contribution in [-0.4, -0.2) is 47.1 Å². The molecule has 2 aromatic rings. The molecule has 0 bridgehead atoms. The van der Waals surface area contributed by atoms with Crippen molar-refractivity contribution in [2.24, 2.45) is 0 Å². The average molecular weight is 382 g/mol. The number of pyridine rings is 1. The number of rotatable bonds is 3. The number of aromatic nitrogens is 2. The van der Waals surface area contributed by atoms with Crippen LogP contribution in [0.4, 0.5) is 19.0 Å². The van der Waals surface area contributed by atoms with Crippen molar-refractivity contribution in [3.63, 3.8) is 0 Å². The molecule has 9 heteroatoms. The van der Waals surface area contributed by atoms with Crippen LogP contribution in [0.2, 0.25) is 0 Å². The summed E-state index contributed by atoms with van der Waals surface area (Å²) >= 11 is 0. The molecule has 1 aliphatic heterocycles. The van der Waals surface area contributed by atoms with E-state index in [1.165, 1.54) is 6.07 Å². The minimum atomic E-state index is -4.40. The van der Waals surface area contributed by atoms with Gasteiger partial charge in [0.2, 0.25) is 0 Å². The molecule has 3 heterocycles. The first-order valence-electron chi connectivity index (χ1n) is 8.84. The number of carbonyl (C=O) groups is 1. The SMILES string of the molecule is CCc1noc(C)c1C(=O)N1CCCN(c2ccc(C(F)(F)F)cn2)CC1. The summed E-state index contributed by atoms with van der Waals surface area (Å²) in [5.74, 6) is 0.864. The Labute approximate surface area is 154 Å². The van der Waals surface area contributed by atoms with E-state index in [9.17, 15) is 18.0 Å². The van der Waals surface area contributed by atoms with Crippen LogP contribution in [0.25, 0.3) is 0 Å². The van der Waals surface area contributed by atoms with Crippen LogP contribution in [0.3, 0.4) is 0 Å². The number of alkyl halides is 3. The summed E-state index contributed by atoms with van der Waals surface area (Å²) in [6, 6.07) is 2.41. The first-order valence-corrected chi connectivity index (χ1v) is 8.84. The quantitative estimate of drug-likeness (QED) is 0.815. The molecule has 2 aromatic heterocycles. The zero-order valence-corrected chi connectivity index (χ0v) is 15.2. The summed E-state index contributed by atoms with van der Waals surface area (Å²) in [4.78, 5) is 20.5. The zero-order valence-electron chi connectivity index (χ0n) is 15.2. The number of anilines is 1. The van der Waals surface area contributed by atoms with Gasteiger partial charge in [-0.2, -0.15) is 13.2 Å². The van der Waals surface area contributed by atoms with Crippen LogP contribution >= 0.6 is 0 Å². The fourth-order valence-electron chi connectivity index (χ4n) is 3.18. The van der Waals surface area contributed by atoms with Crippen molar-refractivity contribution in [2.75, 3.05) is 31.1 Å². The molecule has 1 saturated heterocycles. The summed E-state index contributed by atoms with van der Waals surface area (Å²) in [6.45, 7) is 5.75. The highest BCUT2D eigenvalue weighted by Gasteiger charge is 2.31. The number of hydrogen-bond donors (Lipinski definition) is 0. The van der Waals surface area contributed by atoms with Crippen molar-refractivity contribution >= 4 is 11.7 Å². The standard InChI is InChI=1S/C18H21F3N4O2/c1-3-14-16(12(2)27-23-14)17(26)25-8-4-7-24(9-10-25)15-6-5-13(11-22-15)18(19,20)21/h5-6,11H,3-4,7-10H2,1-2H3. The molecular formula is C18H21F3N4O2. The molecule has 0 saturated carbocycles. The Balaban J connectivity index is 1.70. The Morgan fingerprint density at radius 2 is 2.00 bits per heavy atom. The van der Waals surface area contributed by atoms with Gasteiger partial charge in [0.1, 0.15) is 17.1 Å². The normalized spacial score (nSPS) is 15.7. The van der Waals surface area contributed by atoms with E-state index in [2.05, 4.69) is 10.1 Å². The lowest BCUT2D eigenvalue weighted by atomic mass is 10.1. The number of nitrogens with zero attached hydrogens (tertiary/aromatic N) is 4. The number of carbonyl (C=O) groups excluding carboxylic acids is 1. The van der Waals surface area contributed by atoms with E-state index in [1.807, 2.05) is 11.8 Å².